The zero-order chi connectivity index (χ0) is 12.5. The largest absolute Gasteiger partial charge is 0.496 e. The lowest BCUT2D eigenvalue weighted by Gasteiger charge is -2.23. The fourth-order valence-corrected chi connectivity index (χ4v) is 2.69. The van der Waals surface area contributed by atoms with Crippen molar-refractivity contribution >= 4 is 0 Å². The zero-order valence-corrected chi connectivity index (χ0v) is 11.1. The number of hydrogen-bond donors (Lipinski definition) is 1. The van der Waals surface area contributed by atoms with Gasteiger partial charge in [0.1, 0.15) is 5.75 Å². The van der Waals surface area contributed by atoms with E-state index in [1.807, 2.05) is 13.8 Å². The molecule has 2 nitrogen and oxygen atoms in total. The van der Waals surface area contributed by atoms with Gasteiger partial charge in [-0.25, -0.2) is 0 Å². The summed E-state index contributed by atoms with van der Waals surface area (Å²) in [6.45, 7) is 4.10. The van der Waals surface area contributed by atoms with Gasteiger partial charge in [-0.05, 0) is 49.8 Å². The smallest absolute Gasteiger partial charge is 0.122 e. The predicted molar refractivity (Wildman–Crippen MR) is 71.4 cm³/mol. The fourth-order valence-electron chi connectivity index (χ4n) is 2.69. The highest BCUT2D eigenvalue weighted by Gasteiger charge is 2.23. The van der Waals surface area contributed by atoms with Crippen LogP contribution in [0.3, 0.4) is 0 Å². The standard InChI is InChI=1S/C15H23NO/c1-15(2,16)12-8-9-14(17-3)13(10-12)11-6-4-5-7-11/h8-11H,4-7,16H2,1-3H3. The maximum absolute atomic E-state index is 6.18. The van der Waals surface area contributed by atoms with Crippen molar-refractivity contribution in [2.75, 3.05) is 7.11 Å². The second-order valence-corrected chi connectivity index (χ2v) is 5.66. The quantitative estimate of drug-likeness (QED) is 0.866. The van der Waals surface area contributed by atoms with Crippen LogP contribution in [0.4, 0.5) is 0 Å². The van der Waals surface area contributed by atoms with Gasteiger partial charge in [0.25, 0.3) is 0 Å². The minimum Gasteiger partial charge on any atom is -0.496 e. The van der Waals surface area contributed by atoms with Crippen molar-refractivity contribution in [3.63, 3.8) is 0 Å². The number of rotatable bonds is 3. The fraction of sp³-hybridized carbons (Fsp3) is 0.600. The highest BCUT2D eigenvalue weighted by Crippen LogP contribution is 2.40. The Morgan fingerprint density at radius 2 is 1.88 bits per heavy atom. The van der Waals surface area contributed by atoms with E-state index < -0.39 is 0 Å². The van der Waals surface area contributed by atoms with Gasteiger partial charge >= 0.3 is 0 Å². The molecule has 1 aromatic carbocycles. The average molecular weight is 233 g/mol. The van der Waals surface area contributed by atoms with Crippen LogP contribution in [0.5, 0.6) is 5.75 Å². The van der Waals surface area contributed by atoms with Gasteiger partial charge < -0.3 is 10.5 Å². The van der Waals surface area contributed by atoms with E-state index in [9.17, 15) is 0 Å². The van der Waals surface area contributed by atoms with Crippen LogP contribution in [0.1, 0.15) is 56.6 Å². The Hall–Kier alpha value is -1.02. The molecule has 0 bridgehead atoms. The summed E-state index contributed by atoms with van der Waals surface area (Å²) in [5, 5.41) is 0. The monoisotopic (exact) mass is 233 g/mol. The molecule has 0 atom stereocenters. The summed E-state index contributed by atoms with van der Waals surface area (Å²) < 4.78 is 5.48. The van der Waals surface area contributed by atoms with Gasteiger partial charge in [-0.15, -0.1) is 0 Å². The first-order valence-electron chi connectivity index (χ1n) is 6.49. The molecule has 0 heterocycles. The minimum atomic E-state index is -0.278. The molecule has 0 spiro atoms. The molecule has 1 aliphatic carbocycles. The third-order valence-electron chi connectivity index (χ3n) is 3.77. The molecule has 2 N–H and O–H groups in total. The van der Waals surface area contributed by atoms with Crippen LogP contribution in [0.2, 0.25) is 0 Å². The molecular weight excluding hydrogens is 210 g/mol. The molecule has 1 fully saturated rings. The molecule has 0 unspecified atom stereocenters. The van der Waals surface area contributed by atoms with Crippen LogP contribution in [-0.2, 0) is 5.54 Å². The molecule has 17 heavy (non-hydrogen) atoms. The highest BCUT2D eigenvalue weighted by atomic mass is 16.5. The molecule has 94 valence electrons. The summed E-state index contributed by atoms with van der Waals surface area (Å²) in [7, 11) is 1.75. The Bertz CT molecular complexity index is 386. The Morgan fingerprint density at radius 3 is 2.41 bits per heavy atom. The number of ether oxygens (including phenoxy) is 1. The van der Waals surface area contributed by atoms with Gasteiger partial charge in [-0.1, -0.05) is 25.0 Å². The molecule has 0 aliphatic heterocycles. The number of nitrogens with two attached hydrogens (primary N) is 1. The second kappa shape index (κ2) is 4.69. The lowest BCUT2D eigenvalue weighted by Crippen LogP contribution is -2.28. The van der Waals surface area contributed by atoms with Crippen molar-refractivity contribution < 1.29 is 4.74 Å². The Morgan fingerprint density at radius 1 is 1.24 bits per heavy atom. The molecule has 0 amide bonds. The van der Waals surface area contributed by atoms with E-state index in [4.69, 9.17) is 10.5 Å². The molecule has 1 saturated carbocycles. The zero-order valence-electron chi connectivity index (χ0n) is 11.1. The molecule has 0 saturated heterocycles. The Balaban J connectivity index is 2.39. The first-order chi connectivity index (χ1) is 8.02. The van der Waals surface area contributed by atoms with Crippen molar-refractivity contribution in [1.82, 2.24) is 0 Å². The molecule has 2 rings (SSSR count). The van der Waals surface area contributed by atoms with Gasteiger partial charge in [0.15, 0.2) is 0 Å². The normalized spacial score (nSPS) is 17.4. The molecule has 1 aromatic rings. The van der Waals surface area contributed by atoms with Crippen LogP contribution >= 0.6 is 0 Å². The van der Waals surface area contributed by atoms with Gasteiger partial charge in [0.2, 0.25) is 0 Å². The average Bonchev–Trinajstić information content (AvgIpc) is 2.80. The lowest BCUT2D eigenvalue weighted by atomic mass is 9.89. The summed E-state index contributed by atoms with van der Waals surface area (Å²) in [5.41, 5.74) is 8.44. The summed E-state index contributed by atoms with van der Waals surface area (Å²) >= 11 is 0. The maximum Gasteiger partial charge on any atom is 0.122 e. The van der Waals surface area contributed by atoms with E-state index in [0.717, 1.165) is 5.75 Å². The maximum atomic E-state index is 6.18. The van der Waals surface area contributed by atoms with E-state index in [1.54, 1.807) is 7.11 Å². The van der Waals surface area contributed by atoms with Crippen LogP contribution in [0, 0.1) is 0 Å². The van der Waals surface area contributed by atoms with Gasteiger partial charge in [0, 0.05) is 5.54 Å². The molecule has 0 radical (unpaired) electrons. The molecule has 1 aliphatic rings. The third kappa shape index (κ3) is 2.63. The Labute approximate surface area is 104 Å². The van der Waals surface area contributed by atoms with Crippen molar-refractivity contribution in [3.05, 3.63) is 29.3 Å². The van der Waals surface area contributed by atoms with Crippen molar-refractivity contribution in [3.8, 4) is 5.75 Å². The topological polar surface area (TPSA) is 35.2 Å². The van der Waals surface area contributed by atoms with Crippen LogP contribution in [0.15, 0.2) is 18.2 Å². The highest BCUT2D eigenvalue weighted by molar-refractivity contribution is 5.42. The first-order valence-corrected chi connectivity index (χ1v) is 6.49. The van der Waals surface area contributed by atoms with E-state index in [-0.39, 0.29) is 5.54 Å². The second-order valence-electron chi connectivity index (χ2n) is 5.66. The number of benzene rings is 1. The van der Waals surface area contributed by atoms with Crippen molar-refractivity contribution in [2.24, 2.45) is 5.73 Å². The number of hydrogen-bond acceptors (Lipinski definition) is 2. The summed E-state index contributed by atoms with van der Waals surface area (Å²) in [6.07, 6.45) is 5.24. The molecular formula is C15H23NO. The van der Waals surface area contributed by atoms with Gasteiger partial charge in [-0.3, -0.25) is 0 Å². The first kappa shape index (κ1) is 12.4. The molecule has 2 heteroatoms. The Kier molecular flexibility index (Phi) is 3.43. The van der Waals surface area contributed by atoms with E-state index in [1.165, 1.54) is 36.8 Å². The van der Waals surface area contributed by atoms with Gasteiger partial charge in [-0.2, -0.15) is 0 Å². The van der Waals surface area contributed by atoms with Crippen LogP contribution < -0.4 is 10.5 Å². The third-order valence-corrected chi connectivity index (χ3v) is 3.77. The van der Waals surface area contributed by atoms with Crippen LogP contribution in [-0.4, -0.2) is 7.11 Å². The summed E-state index contributed by atoms with van der Waals surface area (Å²) in [6, 6.07) is 6.39. The van der Waals surface area contributed by atoms with Crippen molar-refractivity contribution in [2.45, 2.75) is 51.0 Å². The van der Waals surface area contributed by atoms with E-state index in [0.29, 0.717) is 5.92 Å². The summed E-state index contributed by atoms with van der Waals surface area (Å²) in [5.74, 6) is 1.68. The minimum absolute atomic E-state index is 0.278. The molecule has 0 aromatic heterocycles. The SMILES string of the molecule is COc1ccc(C(C)(C)N)cc1C1CCCC1. The van der Waals surface area contributed by atoms with Gasteiger partial charge in [0.05, 0.1) is 7.11 Å². The van der Waals surface area contributed by atoms with E-state index in [2.05, 4.69) is 18.2 Å². The van der Waals surface area contributed by atoms with E-state index >= 15 is 0 Å². The summed E-state index contributed by atoms with van der Waals surface area (Å²) in [4.78, 5) is 0. The lowest BCUT2D eigenvalue weighted by molar-refractivity contribution is 0.404. The predicted octanol–water partition coefficient (Wildman–Crippen LogP) is 3.55. The number of methoxy groups -OCH3 is 1. The van der Waals surface area contributed by atoms with Crippen LogP contribution in [0.25, 0.3) is 0 Å². The van der Waals surface area contributed by atoms with Crippen molar-refractivity contribution in [1.29, 1.82) is 0 Å².